The molecule has 24 heavy (non-hydrogen) atoms. The lowest BCUT2D eigenvalue weighted by atomic mass is 10.0. The number of thiazole rings is 1. The highest BCUT2D eigenvalue weighted by Crippen LogP contribution is 2.32. The van der Waals surface area contributed by atoms with Gasteiger partial charge in [-0.05, 0) is 37.8 Å². The first kappa shape index (κ1) is 16.6. The number of hydrogen-bond donors (Lipinski definition) is 1. The largest absolute Gasteiger partial charge is 0.325 e. The number of aromatic nitrogens is 1. The fourth-order valence-corrected chi connectivity index (χ4v) is 3.67. The van der Waals surface area contributed by atoms with Crippen molar-refractivity contribution in [3.05, 3.63) is 46.2 Å². The summed E-state index contributed by atoms with van der Waals surface area (Å²) < 4.78 is 14.0. The van der Waals surface area contributed by atoms with Gasteiger partial charge in [0.25, 0.3) is 0 Å². The lowest BCUT2D eigenvalue weighted by molar-refractivity contribution is -0.145. The average molecular weight is 347 g/mol. The molecule has 0 spiro atoms. The third-order valence-corrected chi connectivity index (χ3v) is 5.01. The quantitative estimate of drug-likeness (QED) is 0.848. The number of aryl methyl sites for hydroxylation is 1. The maximum atomic E-state index is 14.0. The Morgan fingerprint density at radius 1 is 1.38 bits per heavy atom. The monoisotopic (exact) mass is 347 g/mol. The van der Waals surface area contributed by atoms with Crippen LogP contribution in [0.15, 0.2) is 29.8 Å². The number of nitrogens with one attached hydrogen (secondary N) is 1. The molecule has 0 aliphatic carbocycles. The number of nitrogens with zero attached hydrogens (tertiary/aromatic N) is 2. The van der Waals surface area contributed by atoms with Crippen molar-refractivity contribution in [2.45, 2.75) is 32.2 Å². The van der Waals surface area contributed by atoms with Gasteiger partial charge in [-0.2, -0.15) is 0 Å². The van der Waals surface area contributed by atoms with Gasteiger partial charge in [0.05, 0.1) is 11.7 Å². The minimum absolute atomic E-state index is 0.0242. The predicted octanol–water partition coefficient (Wildman–Crippen LogP) is 3.28. The molecule has 7 heteroatoms. The Kier molecular flexibility index (Phi) is 4.89. The van der Waals surface area contributed by atoms with Crippen molar-refractivity contribution >= 4 is 28.8 Å². The number of anilines is 1. The lowest BCUT2D eigenvalue weighted by Crippen LogP contribution is -2.44. The number of carbonyl (C=O) groups is 2. The fourth-order valence-electron chi connectivity index (χ4n) is 2.88. The zero-order chi connectivity index (χ0) is 17.1. The molecule has 0 saturated carbocycles. The van der Waals surface area contributed by atoms with Gasteiger partial charge in [0, 0.05) is 18.1 Å². The highest BCUT2D eigenvalue weighted by molar-refractivity contribution is 7.09. The van der Waals surface area contributed by atoms with E-state index in [1.165, 1.54) is 17.4 Å². The SMILES string of the molecule is Cc1cccc(NC(=O)C(=O)N2CCCCC2c2nccs2)c1F. The summed E-state index contributed by atoms with van der Waals surface area (Å²) in [6.07, 6.45) is 4.31. The molecule has 1 aromatic heterocycles. The van der Waals surface area contributed by atoms with E-state index in [1.807, 2.05) is 5.38 Å². The summed E-state index contributed by atoms with van der Waals surface area (Å²) >= 11 is 1.47. The fraction of sp³-hybridized carbons (Fsp3) is 0.353. The first-order chi connectivity index (χ1) is 11.6. The highest BCUT2D eigenvalue weighted by Gasteiger charge is 2.33. The van der Waals surface area contributed by atoms with Gasteiger partial charge in [-0.15, -0.1) is 11.3 Å². The maximum absolute atomic E-state index is 14.0. The number of amides is 2. The second kappa shape index (κ2) is 7.09. The van der Waals surface area contributed by atoms with Crippen LogP contribution in [0.2, 0.25) is 0 Å². The van der Waals surface area contributed by atoms with E-state index in [1.54, 1.807) is 30.2 Å². The predicted molar refractivity (Wildman–Crippen MR) is 90.2 cm³/mol. The van der Waals surface area contributed by atoms with Crippen LogP contribution in [-0.4, -0.2) is 28.2 Å². The number of likely N-dealkylation sites (tertiary alicyclic amines) is 1. The van der Waals surface area contributed by atoms with Crippen LogP contribution in [0, 0.1) is 12.7 Å². The van der Waals surface area contributed by atoms with Gasteiger partial charge in [0.1, 0.15) is 10.8 Å². The van der Waals surface area contributed by atoms with Gasteiger partial charge in [-0.3, -0.25) is 9.59 Å². The molecule has 5 nitrogen and oxygen atoms in total. The van der Waals surface area contributed by atoms with Gasteiger partial charge < -0.3 is 10.2 Å². The van der Waals surface area contributed by atoms with E-state index in [-0.39, 0.29) is 11.7 Å². The number of rotatable bonds is 2. The van der Waals surface area contributed by atoms with Gasteiger partial charge in [0.15, 0.2) is 0 Å². The molecule has 1 aromatic carbocycles. The highest BCUT2D eigenvalue weighted by atomic mass is 32.1. The molecule has 1 N–H and O–H groups in total. The Bertz CT molecular complexity index is 748. The minimum atomic E-state index is -0.817. The molecule has 126 valence electrons. The molecule has 1 saturated heterocycles. The molecule has 1 atom stereocenters. The Morgan fingerprint density at radius 2 is 2.21 bits per heavy atom. The molecule has 1 aliphatic heterocycles. The Hall–Kier alpha value is -2.28. The van der Waals surface area contributed by atoms with Crippen molar-refractivity contribution in [3.63, 3.8) is 0 Å². The zero-order valence-electron chi connectivity index (χ0n) is 13.3. The summed E-state index contributed by atoms with van der Waals surface area (Å²) in [5, 5.41) is 5.08. The summed E-state index contributed by atoms with van der Waals surface area (Å²) in [4.78, 5) is 30.7. The van der Waals surface area contributed by atoms with E-state index in [2.05, 4.69) is 10.3 Å². The van der Waals surface area contributed by atoms with E-state index in [4.69, 9.17) is 0 Å². The molecular weight excluding hydrogens is 329 g/mol. The van der Waals surface area contributed by atoms with E-state index in [9.17, 15) is 14.0 Å². The van der Waals surface area contributed by atoms with Crippen LogP contribution >= 0.6 is 11.3 Å². The molecule has 2 amide bonds. The van der Waals surface area contributed by atoms with Crippen LogP contribution in [0.25, 0.3) is 0 Å². The molecule has 1 fully saturated rings. The van der Waals surface area contributed by atoms with E-state index >= 15 is 0 Å². The average Bonchev–Trinajstić information content (AvgIpc) is 3.12. The van der Waals surface area contributed by atoms with Crippen LogP contribution in [0.5, 0.6) is 0 Å². The maximum Gasteiger partial charge on any atom is 0.314 e. The summed E-state index contributed by atoms with van der Waals surface area (Å²) in [5.74, 6) is -1.98. The van der Waals surface area contributed by atoms with E-state index < -0.39 is 17.6 Å². The molecule has 2 heterocycles. The summed E-state index contributed by atoms with van der Waals surface area (Å²) in [7, 11) is 0. The van der Waals surface area contributed by atoms with Crippen LogP contribution in [0.4, 0.5) is 10.1 Å². The van der Waals surface area contributed by atoms with Gasteiger partial charge in [-0.25, -0.2) is 9.37 Å². The number of piperidine rings is 1. The van der Waals surface area contributed by atoms with Crippen LogP contribution in [0.1, 0.15) is 35.9 Å². The van der Waals surface area contributed by atoms with Crippen LogP contribution in [0.3, 0.4) is 0 Å². The first-order valence-electron chi connectivity index (χ1n) is 7.84. The van der Waals surface area contributed by atoms with Crippen molar-refractivity contribution in [3.8, 4) is 0 Å². The lowest BCUT2D eigenvalue weighted by Gasteiger charge is -2.33. The number of hydrogen-bond acceptors (Lipinski definition) is 4. The summed E-state index contributed by atoms with van der Waals surface area (Å²) in [5.41, 5.74) is 0.440. The molecule has 1 aliphatic rings. The van der Waals surface area contributed by atoms with Gasteiger partial charge in [0.2, 0.25) is 0 Å². The molecule has 3 rings (SSSR count). The zero-order valence-corrected chi connectivity index (χ0v) is 14.1. The van der Waals surface area contributed by atoms with Crippen LogP contribution in [-0.2, 0) is 9.59 Å². The molecule has 1 unspecified atom stereocenters. The second-order valence-electron chi connectivity index (χ2n) is 5.77. The first-order valence-corrected chi connectivity index (χ1v) is 8.72. The van der Waals surface area contributed by atoms with Crippen molar-refractivity contribution in [1.82, 2.24) is 9.88 Å². The molecular formula is C17H18FN3O2S. The standard InChI is InChI=1S/C17H18FN3O2S/c1-11-5-4-6-12(14(11)18)20-15(22)17(23)21-9-3-2-7-13(21)16-19-8-10-24-16/h4-6,8,10,13H,2-3,7,9H2,1H3,(H,20,22). The summed E-state index contributed by atoms with van der Waals surface area (Å²) in [6.45, 7) is 2.11. The molecule has 0 radical (unpaired) electrons. The molecule has 0 bridgehead atoms. The topological polar surface area (TPSA) is 62.3 Å². The smallest absolute Gasteiger partial charge is 0.314 e. The minimum Gasteiger partial charge on any atom is -0.325 e. The molecule has 2 aromatic rings. The number of benzene rings is 1. The normalized spacial score (nSPS) is 17.6. The Balaban J connectivity index is 1.76. The second-order valence-corrected chi connectivity index (χ2v) is 6.70. The third-order valence-electron chi connectivity index (χ3n) is 4.13. The van der Waals surface area contributed by atoms with Crippen LogP contribution < -0.4 is 5.32 Å². The number of halogens is 1. The van der Waals surface area contributed by atoms with Crippen molar-refractivity contribution in [2.24, 2.45) is 0 Å². The van der Waals surface area contributed by atoms with Crippen molar-refractivity contribution in [1.29, 1.82) is 0 Å². The van der Waals surface area contributed by atoms with Gasteiger partial charge in [-0.1, -0.05) is 12.1 Å². The van der Waals surface area contributed by atoms with E-state index in [0.29, 0.717) is 12.1 Å². The van der Waals surface area contributed by atoms with Crippen molar-refractivity contribution < 1.29 is 14.0 Å². The third kappa shape index (κ3) is 3.31. The Labute approximate surface area is 143 Å². The number of carbonyl (C=O) groups excluding carboxylic acids is 2. The Morgan fingerprint density at radius 3 is 2.96 bits per heavy atom. The summed E-state index contributed by atoms with van der Waals surface area (Å²) in [6, 6.07) is 4.51. The van der Waals surface area contributed by atoms with Gasteiger partial charge >= 0.3 is 11.8 Å². The van der Waals surface area contributed by atoms with Crippen molar-refractivity contribution in [2.75, 3.05) is 11.9 Å². The van der Waals surface area contributed by atoms with E-state index in [0.717, 1.165) is 24.3 Å².